The van der Waals surface area contributed by atoms with Gasteiger partial charge in [0.2, 0.25) is 0 Å². The van der Waals surface area contributed by atoms with Crippen LogP contribution in [-0.4, -0.2) is 16.1 Å². The number of carbonyl (C=O) groups excluding carboxylic acids is 1. The van der Waals surface area contributed by atoms with Crippen LogP contribution in [0.3, 0.4) is 0 Å². The van der Waals surface area contributed by atoms with Crippen molar-refractivity contribution in [3.8, 4) is 11.8 Å². The molecule has 1 aliphatic heterocycles. The molecule has 4 rings (SSSR count). The highest BCUT2D eigenvalue weighted by Crippen LogP contribution is 2.35. The normalized spacial score (nSPS) is 18.4. The van der Waals surface area contributed by atoms with Crippen LogP contribution in [0.5, 0.6) is 0 Å². The highest BCUT2D eigenvalue weighted by atomic mass is 16.6. The molecule has 0 saturated carbocycles. The molecule has 0 radical (unpaired) electrons. The molecular weight excluding hydrogens is 326 g/mol. The molecule has 1 amide bonds. The number of carbonyl (C=O) groups is 1. The van der Waals surface area contributed by atoms with Crippen molar-refractivity contribution < 1.29 is 9.53 Å². The molecule has 0 bridgehead atoms. The summed E-state index contributed by atoms with van der Waals surface area (Å²) in [6, 6.07) is 18.6. The van der Waals surface area contributed by atoms with Gasteiger partial charge in [-0.1, -0.05) is 42.3 Å². The van der Waals surface area contributed by atoms with Gasteiger partial charge in [-0.25, -0.2) is 9.78 Å². The van der Waals surface area contributed by atoms with Crippen LogP contribution < -0.4 is 5.32 Å². The summed E-state index contributed by atoms with van der Waals surface area (Å²) in [7, 11) is 0. The Kier molecular flexibility index (Phi) is 4.31. The topological polar surface area (TPSA) is 64.1 Å². The number of aromatic nitrogens is 2. The third-order valence-corrected chi connectivity index (χ3v) is 4.02. The summed E-state index contributed by atoms with van der Waals surface area (Å²) in [4.78, 5) is 20.4. The van der Waals surface area contributed by atoms with E-state index in [1.54, 1.807) is 12.4 Å². The van der Waals surface area contributed by atoms with Gasteiger partial charge in [-0.2, -0.15) is 0 Å². The Hall–Kier alpha value is -3.65. The molecular formula is C21H15N3O2. The van der Waals surface area contributed by atoms with Crippen molar-refractivity contribution in [3.63, 3.8) is 0 Å². The maximum Gasteiger partial charge on any atom is 0.408 e. The molecule has 1 N–H and O–H groups in total. The molecule has 0 unspecified atom stereocenters. The lowest BCUT2D eigenvalue weighted by atomic mass is 10.00. The average molecular weight is 341 g/mol. The van der Waals surface area contributed by atoms with E-state index in [1.807, 2.05) is 60.7 Å². The zero-order chi connectivity index (χ0) is 17.8. The molecule has 3 aromatic rings. The van der Waals surface area contributed by atoms with E-state index in [4.69, 9.17) is 4.74 Å². The molecule has 1 aliphatic rings. The van der Waals surface area contributed by atoms with E-state index >= 15 is 0 Å². The van der Waals surface area contributed by atoms with Crippen LogP contribution in [0.4, 0.5) is 4.79 Å². The lowest BCUT2D eigenvalue weighted by molar-refractivity contribution is 0.132. The van der Waals surface area contributed by atoms with Crippen LogP contribution in [0.1, 0.15) is 34.7 Å². The zero-order valence-corrected chi connectivity index (χ0v) is 13.8. The monoisotopic (exact) mass is 341 g/mol. The molecule has 3 heterocycles. The third-order valence-electron chi connectivity index (χ3n) is 4.02. The van der Waals surface area contributed by atoms with Crippen molar-refractivity contribution in [3.05, 3.63) is 95.6 Å². The van der Waals surface area contributed by atoms with Crippen molar-refractivity contribution in [1.29, 1.82) is 0 Å². The summed E-state index contributed by atoms with van der Waals surface area (Å²) in [5.74, 6) is 6.07. The van der Waals surface area contributed by atoms with Crippen LogP contribution in [0, 0.1) is 11.8 Å². The Morgan fingerprint density at radius 1 is 0.962 bits per heavy atom. The summed E-state index contributed by atoms with van der Waals surface area (Å²) in [6.07, 6.45) is 2.54. The summed E-state index contributed by atoms with van der Waals surface area (Å²) in [5.41, 5.74) is 3.07. The van der Waals surface area contributed by atoms with Gasteiger partial charge in [-0.3, -0.25) is 4.98 Å². The number of hydrogen-bond donors (Lipinski definition) is 1. The van der Waals surface area contributed by atoms with Gasteiger partial charge < -0.3 is 10.1 Å². The SMILES string of the molecule is O=C1N[C@@H](c2cccc(C#Cc3cccnc3)n2)[C@H](c2ccccc2)O1. The molecule has 5 nitrogen and oxygen atoms in total. The highest BCUT2D eigenvalue weighted by molar-refractivity contribution is 5.71. The number of nitrogens with zero attached hydrogens (tertiary/aromatic N) is 2. The first kappa shape index (κ1) is 15.9. The quantitative estimate of drug-likeness (QED) is 0.726. The number of alkyl carbamates (subject to hydrolysis) is 1. The van der Waals surface area contributed by atoms with Gasteiger partial charge in [0.25, 0.3) is 0 Å². The van der Waals surface area contributed by atoms with Crippen molar-refractivity contribution in [2.24, 2.45) is 0 Å². The van der Waals surface area contributed by atoms with E-state index in [0.29, 0.717) is 11.4 Å². The lowest BCUT2D eigenvalue weighted by Gasteiger charge is -2.16. The molecule has 2 atom stereocenters. The van der Waals surface area contributed by atoms with Gasteiger partial charge in [-0.15, -0.1) is 0 Å². The minimum Gasteiger partial charge on any atom is -0.439 e. The number of pyridine rings is 2. The van der Waals surface area contributed by atoms with Crippen molar-refractivity contribution in [2.45, 2.75) is 12.1 Å². The maximum atomic E-state index is 11.8. The number of cyclic esters (lactones) is 1. The summed E-state index contributed by atoms with van der Waals surface area (Å²) in [5, 5.41) is 2.84. The van der Waals surface area contributed by atoms with Gasteiger partial charge in [-0.05, 0) is 35.7 Å². The fraction of sp³-hybridized carbons (Fsp3) is 0.0952. The highest BCUT2D eigenvalue weighted by Gasteiger charge is 2.37. The number of benzene rings is 1. The predicted octanol–water partition coefficient (Wildman–Crippen LogP) is 3.40. The largest absolute Gasteiger partial charge is 0.439 e. The molecule has 5 heteroatoms. The molecule has 1 fully saturated rings. The minimum atomic E-state index is -0.447. The minimum absolute atomic E-state index is 0.356. The Balaban J connectivity index is 1.63. The smallest absolute Gasteiger partial charge is 0.408 e. The molecule has 1 aromatic carbocycles. The third kappa shape index (κ3) is 3.40. The summed E-state index contributed by atoms with van der Waals surface area (Å²) < 4.78 is 5.45. The first-order chi connectivity index (χ1) is 12.8. The number of hydrogen-bond acceptors (Lipinski definition) is 4. The van der Waals surface area contributed by atoms with Gasteiger partial charge in [0, 0.05) is 18.0 Å². The molecule has 2 aromatic heterocycles. The number of rotatable bonds is 2. The van der Waals surface area contributed by atoms with Crippen LogP contribution >= 0.6 is 0 Å². The standard InChI is InChI=1S/C21H15N3O2/c25-21-24-19(20(26-21)16-7-2-1-3-8-16)18-10-4-9-17(23-18)12-11-15-6-5-13-22-14-15/h1-10,13-14,19-20H,(H,24,25)/t19-,20-/m0/s1. The van der Waals surface area contributed by atoms with E-state index in [-0.39, 0.29) is 6.04 Å². The number of nitrogens with one attached hydrogen (secondary N) is 1. The Bertz CT molecular complexity index is 978. The number of amides is 1. The van der Waals surface area contributed by atoms with Crippen molar-refractivity contribution in [2.75, 3.05) is 0 Å². The Morgan fingerprint density at radius 2 is 1.85 bits per heavy atom. The zero-order valence-electron chi connectivity index (χ0n) is 13.8. The van der Waals surface area contributed by atoms with Gasteiger partial charge in [0.05, 0.1) is 5.69 Å². The second-order valence-corrected chi connectivity index (χ2v) is 5.80. The average Bonchev–Trinajstić information content (AvgIpc) is 3.10. The van der Waals surface area contributed by atoms with Crippen LogP contribution in [0.25, 0.3) is 0 Å². The lowest BCUT2D eigenvalue weighted by Crippen LogP contribution is -2.20. The molecule has 1 saturated heterocycles. The summed E-state index contributed by atoms with van der Waals surface area (Å²) in [6.45, 7) is 0. The first-order valence-corrected chi connectivity index (χ1v) is 8.21. The maximum absolute atomic E-state index is 11.8. The second-order valence-electron chi connectivity index (χ2n) is 5.80. The van der Waals surface area contributed by atoms with E-state index < -0.39 is 12.2 Å². The molecule has 0 spiro atoms. The molecule has 26 heavy (non-hydrogen) atoms. The molecule has 0 aliphatic carbocycles. The van der Waals surface area contributed by atoms with E-state index in [0.717, 1.165) is 11.1 Å². The van der Waals surface area contributed by atoms with Gasteiger partial charge in [0.1, 0.15) is 11.7 Å². The van der Waals surface area contributed by atoms with E-state index in [1.165, 1.54) is 0 Å². The Morgan fingerprint density at radius 3 is 2.65 bits per heavy atom. The fourth-order valence-electron chi connectivity index (χ4n) is 2.82. The van der Waals surface area contributed by atoms with Crippen molar-refractivity contribution in [1.82, 2.24) is 15.3 Å². The summed E-state index contributed by atoms with van der Waals surface area (Å²) >= 11 is 0. The first-order valence-electron chi connectivity index (χ1n) is 8.21. The second kappa shape index (κ2) is 7.08. The van der Waals surface area contributed by atoms with Gasteiger partial charge >= 0.3 is 6.09 Å². The Labute approximate surface area is 151 Å². The number of ether oxygens (including phenoxy) is 1. The van der Waals surface area contributed by atoms with E-state index in [2.05, 4.69) is 27.1 Å². The van der Waals surface area contributed by atoms with Crippen LogP contribution in [-0.2, 0) is 4.74 Å². The molecule has 126 valence electrons. The fourth-order valence-corrected chi connectivity index (χ4v) is 2.82. The van der Waals surface area contributed by atoms with Crippen LogP contribution in [0.15, 0.2) is 73.1 Å². The predicted molar refractivity (Wildman–Crippen MR) is 96.0 cm³/mol. The van der Waals surface area contributed by atoms with Gasteiger partial charge in [0.15, 0.2) is 6.10 Å². The van der Waals surface area contributed by atoms with Crippen LogP contribution in [0.2, 0.25) is 0 Å². The van der Waals surface area contributed by atoms with E-state index in [9.17, 15) is 4.79 Å². The van der Waals surface area contributed by atoms with Crippen molar-refractivity contribution >= 4 is 6.09 Å².